The molecule has 4 nitrogen and oxygen atoms in total. The second-order valence-corrected chi connectivity index (χ2v) is 7.09. The Morgan fingerprint density at radius 2 is 2.00 bits per heavy atom. The van der Waals surface area contributed by atoms with Gasteiger partial charge in [-0.2, -0.15) is 0 Å². The molecular formula is C14H10ClNO3S. The number of nitrogens with zero attached hydrogens (tertiary/aromatic N) is 1. The first kappa shape index (κ1) is 13.3. The molecule has 102 valence electrons. The van der Waals surface area contributed by atoms with Gasteiger partial charge in [-0.05, 0) is 42.3 Å². The van der Waals surface area contributed by atoms with Gasteiger partial charge in [-0.15, -0.1) is 0 Å². The van der Waals surface area contributed by atoms with Gasteiger partial charge in [-0.3, -0.25) is 4.79 Å². The molecule has 1 unspecified atom stereocenters. The van der Waals surface area contributed by atoms with Crippen molar-refractivity contribution in [2.24, 2.45) is 0 Å². The summed E-state index contributed by atoms with van der Waals surface area (Å²) in [5.74, 6) is -0.387. The van der Waals surface area contributed by atoms with Crippen molar-refractivity contribution in [3.8, 4) is 0 Å². The number of ketones is 1. The van der Waals surface area contributed by atoms with Crippen molar-refractivity contribution in [3.63, 3.8) is 0 Å². The maximum absolute atomic E-state index is 12.5. The first-order valence-electron chi connectivity index (χ1n) is 5.98. The summed E-state index contributed by atoms with van der Waals surface area (Å²) in [6.07, 6.45) is 1.55. The quantitative estimate of drug-likeness (QED) is 0.854. The summed E-state index contributed by atoms with van der Waals surface area (Å²) in [5.41, 5.74) is 1.10. The predicted molar refractivity (Wildman–Crippen MR) is 74.7 cm³/mol. The van der Waals surface area contributed by atoms with Gasteiger partial charge in [0.2, 0.25) is 9.84 Å². The van der Waals surface area contributed by atoms with E-state index in [2.05, 4.69) is 4.98 Å². The second-order valence-electron chi connectivity index (χ2n) is 4.57. The van der Waals surface area contributed by atoms with Crippen LogP contribution in [0.4, 0.5) is 0 Å². The molecule has 1 aromatic carbocycles. The molecule has 1 aliphatic rings. The fourth-order valence-electron chi connectivity index (χ4n) is 2.35. The molecule has 0 bridgehead atoms. The zero-order valence-electron chi connectivity index (χ0n) is 10.3. The molecule has 0 saturated heterocycles. The molecule has 0 radical (unpaired) electrons. The van der Waals surface area contributed by atoms with Crippen LogP contribution < -0.4 is 0 Å². The Morgan fingerprint density at radius 3 is 2.70 bits per heavy atom. The van der Waals surface area contributed by atoms with Gasteiger partial charge in [-0.1, -0.05) is 17.7 Å². The smallest absolute Gasteiger partial charge is 0.206 e. The summed E-state index contributed by atoms with van der Waals surface area (Å²) in [5, 5.41) is -0.685. The normalized spacial score (nSPS) is 18.1. The molecule has 0 saturated carbocycles. The highest BCUT2D eigenvalue weighted by atomic mass is 35.5. The van der Waals surface area contributed by atoms with Crippen molar-refractivity contribution in [2.45, 2.75) is 16.7 Å². The summed E-state index contributed by atoms with van der Waals surface area (Å²) >= 11 is 5.88. The number of halogens is 1. The number of hydrogen-bond donors (Lipinski definition) is 0. The van der Waals surface area contributed by atoms with Gasteiger partial charge in [0.25, 0.3) is 0 Å². The summed E-state index contributed by atoms with van der Waals surface area (Å²) in [6.45, 7) is 0. The van der Waals surface area contributed by atoms with Crippen LogP contribution in [0, 0.1) is 0 Å². The van der Waals surface area contributed by atoms with E-state index < -0.39 is 15.1 Å². The van der Waals surface area contributed by atoms with E-state index in [1.165, 1.54) is 12.3 Å². The number of aromatic nitrogens is 1. The number of carbonyl (C=O) groups is 1. The van der Waals surface area contributed by atoms with E-state index in [1.54, 1.807) is 30.3 Å². The van der Waals surface area contributed by atoms with E-state index in [1.807, 2.05) is 0 Å². The molecule has 0 amide bonds. The highest BCUT2D eigenvalue weighted by Crippen LogP contribution is 2.31. The molecule has 0 aliphatic heterocycles. The molecule has 2 aromatic rings. The van der Waals surface area contributed by atoms with Crippen LogP contribution in [0.3, 0.4) is 0 Å². The molecule has 1 aliphatic carbocycles. The van der Waals surface area contributed by atoms with Gasteiger partial charge in [0.15, 0.2) is 10.8 Å². The largest absolute Gasteiger partial charge is 0.293 e. The van der Waals surface area contributed by atoms with Crippen LogP contribution in [-0.2, 0) is 16.3 Å². The summed E-state index contributed by atoms with van der Waals surface area (Å²) in [4.78, 5) is 16.1. The van der Waals surface area contributed by atoms with Crippen molar-refractivity contribution >= 4 is 27.2 Å². The summed E-state index contributed by atoms with van der Waals surface area (Å²) in [6, 6.07) is 9.43. The first-order chi connectivity index (χ1) is 9.50. The lowest BCUT2D eigenvalue weighted by Crippen LogP contribution is -2.28. The third-order valence-corrected chi connectivity index (χ3v) is 5.52. The minimum absolute atomic E-state index is 0.0720. The van der Waals surface area contributed by atoms with Crippen LogP contribution in [0.2, 0.25) is 5.02 Å². The van der Waals surface area contributed by atoms with Crippen LogP contribution >= 0.6 is 11.6 Å². The highest BCUT2D eigenvalue weighted by molar-refractivity contribution is 7.92. The van der Waals surface area contributed by atoms with Crippen LogP contribution in [0.1, 0.15) is 15.9 Å². The number of benzene rings is 1. The molecule has 1 atom stereocenters. The molecule has 3 rings (SSSR count). The highest BCUT2D eigenvalue weighted by Gasteiger charge is 2.41. The van der Waals surface area contributed by atoms with Crippen molar-refractivity contribution in [1.29, 1.82) is 0 Å². The molecule has 0 fully saturated rings. The average molecular weight is 308 g/mol. The number of Topliss-reactive ketones (excluding diaryl/α,β-unsaturated/α-hetero) is 1. The number of sulfone groups is 1. The van der Waals surface area contributed by atoms with Crippen molar-refractivity contribution < 1.29 is 13.2 Å². The van der Waals surface area contributed by atoms with Crippen LogP contribution in [0.15, 0.2) is 47.6 Å². The van der Waals surface area contributed by atoms with E-state index in [0.717, 1.165) is 0 Å². The lowest BCUT2D eigenvalue weighted by molar-refractivity contribution is 0.0997. The number of pyridine rings is 1. The van der Waals surface area contributed by atoms with Gasteiger partial charge in [-0.25, -0.2) is 13.4 Å². The predicted octanol–water partition coefficient (Wildman–Crippen LogP) is 2.32. The third kappa shape index (κ3) is 2.03. The molecular weight excluding hydrogens is 298 g/mol. The van der Waals surface area contributed by atoms with Gasteiger partial charge in [0.1, 0.15) is 5.25 Å². The van der Waals surface area contributed by atoms with E-state index in [4.69, 9.17) is 11.6 Å². The zero-order chi connectivity index (χ0) is 14.3. The zero-order valence-corrected chi connectivity index (χ0v) is 11.9. The van der Waals surface area contributed by atoms with Gasteiger partial charge >= 0.3 is 0 Å². The third-order valence-electron chi connectivity index (χ3n) is 3.33. The van der Waals surface area contributed by atoms with Crippen LogP contribution in [0.5, 0.6) is 0 Å². The fourth-order valence-corrected chi connectivity index (χ4v) is 4.12. The summed E-state index contributed by atoms with van der Waals surface area (Å²) < 4.78 is 25.0. The fraction of sp³-hybridized carbons (Fsp3) is 0.143. The van der Waals surface area contributed by atoms with E-state index in [0.29, 0.717) is 16.1 Å². The van der Waals surface area contributed by atoms with Gasteiger partial charge in [0.05, 0.1) is 0 Å². The molecule has 1 aromatic heterocycles. The Morgan fingerprint density at radius 1 is 1.20 bits per heavy atom. The molecule has 20 heavy (non-hydrogen) atoms. The number of fused-ring (bicyclic) bond motifs is 1. The lowest BCUT2D eigenvalue weighted by atomic mass is 10.1. The van der Waals surface area contributed by atoms with Crippen molar-refractivity contribution in [1.82, 2.24) is 4.98 Å². The van der Waals surface area contributed by atoms with E-state index >= 15 is 0 Å². The number of carbonyl (C=O) groups excluding carboxylic acids is 1. The molecule has 0 spiro atoms. The van der Waals surface area contributed by atoms with E-state index in [-0.39, 0.29) is 17.2 Å². The Bertz CT molecular complexity index is 787. The Balaban J connectivity index is 2.05. The molecule has 1 heterocycles. The first-order valence-corrected chi connectivity index (χ1v) is 7.90. The van der Waals surface area contributed by atoms with Crippen molar-refractivity contribution in [2.75, 3.05) is 0 Å². The monoisotopic (exact) mass is 307 g/mol. The molecule has 6 heteroatoms. The summed E-state index contributed by atoms with van der Waals surface area (Å²) in [7, 11) is -3.77. The Kier molecular flexibility index (Phi) is 3.11. The number of hydrogen-bond acceptors (Lipinski definition) is 4. The maximum atomic E-state index is 12.5. The lowest BCUT2D eigenvalue weighted by Gasteiger charge is -2.08. The van der Waals surface area contributed by atoms with E-state index in [9.17, 15) is 13.2 Å². The topological polar surface area (TPSA) is 64.1 Å². The maximum Gasteiger partial charge on any atom is 0.206 e. The Labute approximate surface area is 121 Å². The van der Waals surface area contributed by atoms with Gasteiger partial charge in [0, 0.05) is 16.8 Å². The Hall–Kier alpha value is -1.72. The minimum atomic E-state index is -3.77. The standard InChI is InChI=1S/C14H10ClNO3S/c15-10-4-5-11-9(7-10)8-12(14(11)17)20(18,19)13-3-1-2-6-16-13/h1-7,12H,8H2. The number of rotatable bonds is 2. The van der Waals surface area contributed by atoms with Gasteiger partial charge < -0.3 is 0 Å². The van der Waals surface area contributed by atoms with Crippen LogP contribution in [0.25, 0.3) is 0 Å². The SMILES string of the molecule is O=C1c2ccc(Cl)cc2CC1S(=O)(=O)c1ccccn1. The van der Waals surface area contributed by atoms with Crippen LogP contribution in [-0.4, -0.2) is 24.4 Å². The minimum Gasteiger partial charge on any atom is -0.293 e. The molecule has 0 N–H and O–H groups in total. The second kappa shape index (κ2) is 4.68. The average Bonchev–Trinajstić information content (AvgIpc) is 2.77. The van der Waals surface area contributed by atoms with Crippen molar-refractivity contribution in [3.05, 3.63) is 58.7 Å².